The first-order valence-electron chi connectivity index (χ1n) is 3.68. The molecule has 0 spiro atoms. The number of rotatable bonds is 1. The van der Waals surface area contributed by atoms with Crippen LogP contribution in [0.2, 0.25) is 0 Å². The lowest BCUT2D eigenvalue weighted by Gasteiger charge is -2.04. The summed E-state index contributed by atoms with van der Waals surface area (Å²) in [5.41, 5.74) is 1.43. The van der Waals surface area contributed by atoms with Gasteiger partial charge in [-0.1, -0.05) is 12.1 Å². The predicted molar refractivity (Wildman–Crippen MR) is 50.3 cm³/mol. The Bertz CT molecular complexity index is 283. The van der Waals surface area contributed by atoms with E-state index in [1.807, 2.05) is 6.21 Å². The van der Waals surface area contributed by atoms with Crippen molar-refractivity contribution in [1.29, 1.82) is 0 Å². The third-order valence-corrected chi connectivity index (χ3v) is 2.67. The van der Waals surface area contributed by atoms with Crippen LogP contribution in [0.4, 0.5) is 0 Å². The van der Waals surface area contributed by atoms with Crippen molar-refractivity contribution in [1.82, 2.24) is 0 Å². The van der Waals surface area contributed by atoms with Crippen molar-refractivity contribution >= 4 is 23.1 Å². The van der Waals surface area contributed by atoms with Crippen molar-refractivity contribution in [2.24, 2.45) is 4.99 Å². The van der Waals surface area contributed by atoms with Gasteiger partial charge >= 0.3 is 0 Å². The summed E-state index contributed by atoms with van der Waals surface area (Å²) < 4.78 is 0. The second-order valence-corrected chi connectivity index (χ2v) is 3.41. The van der Waals surface area contributed by atoms with E-state index in [4.69, 9.17) is 0 Å². The smallest absolute Gasteiger partial charge is 0.0572 e. The molecule has 1 nitrogen and oxygen atoms in total. The molecular formula is C9H9NS. The Kier molecular flexibility index (Phi) is 1.86. The minimum Gasteiger partial charge on any atom is -0.293 e. The highest BCUT2D eigenvalue weighted by molar-refractivity contribution is 7.11. The Balaban J connectivity index is 2.24. The SMILES string of the molecule is C1=NCC=C(c2cccs2)C1. The molecule has 0 fully saturated rings. The summed E-state index contributed by atoms with van der Waals surface area (Å²) in [6, 6.07) is 4.25. The second kappa shape index (κ2) is 3.01. The second-order valence-electron chi connectivity index (χ2n) is 2.46. The molecule has 0 saturated carbocycles. The van der Waals surface area contributed by atoms with Crippen molar-refractivity contribution in [3.63, 3.8) is 0 Å². The Morgan fingerprint density at radius 1 is 1.45 bits per heavy atom. The Morgan fingerprint density at radius 2 is 2.45 bits per heavy atom. The Morgan fingerprint density at radius 3 is 3.09 bits per heavy atom. The first-order valence-corrected chi connectivity index (χ1v) is 4.56. The largest absolute Gasteiger partial charge is 0.293 e. The third-order valence-electron chi connectivity index (χ3n) is 1.72. The molecule has 0 radical (unpaired) electrons. The maximum absolute atomic E-state index is 4.14. The summed E-state index contributed by atoms with van der Waals surface area (Å²) in [5, 5.41) is 2.11. The molecule has 2 heterocycles. The molecule has 2 rings (SSSR count). The van der Waals surface area contributed by atoms with Gasteiger partial charge in [0, 0.05) is 17.5 Å². The topological polar surface area (TPSA) is 12.4 Å². The van der Waals surface area contributed by atoms with E-state index in [1.165, 1.54) is 10.5 Å². The van der Waals surface area contributed by atoms with E-state index in [1.54, 1.807) is 11.3 Å². The Labute approximate surface area is 70.1 Å². The van der Waals surface area contributed by atoms with E-state index < -0.39 is 0 Å². The molecule has 0 saturated heterocycles. The molecule has 1 aliphatic rings. The molecule has 0 N–H and O–H groups in total. The minimum absolute atomic E-state index is 0.854. The quantitative estimate of drug-likeness (QED) is 0.603. The van der Waals surface area contributed by atoms with Crippen molar-refractivity contribution in [3.05, 3.63) is 28.5 Å². The number of aliphatic imine (C=N–C) groups is 1. The number of hydrogen-bond acceptors (Lipinski definition) is 2. The highest BCUT2D eigenvalue weighted by Gasteiger charge is 2.02. The van der Waals surface area contributed by atoms with Crippen molar-refractivity contribution in [3.8, 4) is 0 Å². The molecule has 56 valence electrons. The molecule has 11 heavy (non-hydrogen) atoms. The molecule has 0 aliphatic carbocycles. The van der Waals surface area contributed by atoms with E-state index in [0.717, 1.165) is 13.0 Å². The molecule has 0 unspecified atom stereocenters. The summed E-state index contributed by atoms with van der Waals surface area (Å²) in [4.78, 5) is 5.53. The Hall–Kier alpha value is -0.890. The van der Waals surface area contributed by atoms with Crippen LogP contribution < -0.4 is 0 Å². The first kappa shape index (κ1) is 6.80. The summed E-state index contributed by atoms with van der Waals surface area (Å²) >= 11 is 1.80. The predicted octanol–water partition coefficient (Wildman–Crippen LogP) is 2.61. The number of allylic oxidation sites excluding steroid dienone is 1. The molecule has 0 amide bonds. The van der Waals surface area contributed by atoms with Gasteiger partial charge in [0.25, 0.3) is 0 Å². The highest BCUT2D eigenvalue weighted by Crippen LogP contribution is 2.23. The van der Waals surface area contributed by atoms with Gasteiger partial charge in [-0.15, -0.1) is 11.3 Å². The first-order chi connectivity index (χ1) is 5.47. The molecule has 1 aliphatic heterocycles. The zero-order valence-electron chi connectivity index (χ0n) is 6.16. The zero-order chi connectivity index (χ0) is 7.52. The molecule has 0 aromatic carbocycles. The molecule has 0 atom stereocenters. The van der Waals surface area contributed by atoms with Crippen LogP contribution >= 0.6 is 11.3 Å². The van der Waals surface area contributed by atoms with Crippen LogP contribution in [0.5, 0.6) is 0 Å². The average Bonchev–Trinajstić information content (AvgIpc) is 2.58. The van der Waals surface area contributed by atoms with E-state index in [2.05, 4.69) is 28.6 Å². The summed E-state index contributed by atoms with van der Waals surface area (Å²) in [6.07, 6.45) is 5.20. The number of dihydropyridines is 1. The maximum Gasteiger partial charge on any atom is 0.0572 e. The van der Waals surface area contributed by atoms with Gasteiger partial charge in [-0.05, 0) is 17.0 Å². The van der Waals surface area contributed by atoms with Crippen LogP contribution in [0.3, 0.4) is 0 Å². The minimum atomic E-state index is 0.854. The van der Waals surface area contributed by atoms with Gasteiger partial charge < -0.3 is 0 Å². The van der Waals surface area contributed by atoms with Crippen molar-refractivity contribution < 1.29 is 0 Å². The van der Waals surface area contributed by atoms with Crippen LogP contribution in [-0.2, 0) is 0 Å². The molecule has 1 aromatic rings. The van der Waals surface area contributed by atoms with E-state index in [-0.39, 0.29) is 0 Å². The van der Waals surface area contributed by atoms with Gasteiger partial charge in [-0.2, -0.15) is 0 Å². The number of thiophene rings is 1. The third kappa shape index (κ3) is 1.40. The highest BCUT2D eigenvalue weighted by atomic mass is 32.1. The van der Waals surface area contributed by atoms with Crippen molar-refractivity contribution in [2.75, 3.05) is 6.54 Å². The lowest BCUT2D eigenvalue weighted by molar-refractivity contribution is 1.21. The van der Waals surface area contributed by atoms with Gasteiger partial charge in [0.1, 0.15) is 0 Å². The van der Waals surface area contributed by atoms with E-state index >= 15 is 0 Å². The molecule has 0 bridgehead atoms. The summed E-state index contributed by atoms with van der Waals surface area (Å²) in [6.45, 7) is 0.854. The molecule has 1 aromatic heterocycles. The van der Waals surface area contributed by atoms with Crippen LogP contribution in [-0.4, -0.2) is 12.8 Å². The van der Waals surface area contributed by atoms with Gasteiger partial charge in [0.2, 0.25) is 0 Å². The number of hydrogen-bond donors (Lipinski definition) is 0. The van der Waals surface area contributed by atoms with E-state index in [9.17, 15) is 0 Å². The zero-order valence-corrected chi connectivity index (χ0v) is 6.97. The van der Waals surface area contributed by atoms with Crippen LogP contribution in [0.25, 0.3) is 5.57 Å². The maximum atomic E-state index is 4.14. The summed E-state index contributed by atoms with van der Waals surface area (Å²) in [5.74, 6) is 0. The monoisotopic (exact) mass is 163 g/mol. The average molecular weight is 163 g/mol. The van der Waals surface area contributed by atoms with Gasteiger partial charge in [0.05, 0.1) is 6.54 Å². The molecule has 2 heteroatoms. The van der Waals surface area contributed by atoms with Crippen LogP contribution in [0.15, 0.2) is 28.6 Å². The summed E-state index contributed by atoms with van der Waals surface area (Å²) in [7, 11) is 0. The van der Waals surface area contributed by atoms with E-state index in [0.29, 0.717) is 0 Å². The lowest BCUT2D eigenvalue weighted by Crippen LogP contribution is -1.90. The normalized spacial score (nSPS) is 16.5. The fraction of sp³-hybridized carbons (Fsp3) is 0.222. The lowest BCUT2D eigenvalue weighted by atomic mass is 10.1. The molecular weight excluding hydrogens is 154 g/mol. The van der Waals surface area contributed by atoms with Crippen LogP contribution in [0.1, 0.15) is 11.3 Å². The standard InChI is InChI=1S/C9H9NS/c1-2-9(11-7-1)8-3-5-10-6-4-8/h1-3,6-7H,4-5H2. The van der Waals surface area contributed by atoms with Gasteiger partial charge in [0.15, 0.2) is 0 Å². The van der Waals surface area contributed by atoms with Crippen molar-refractivity contribution in [2.45, 2.75) is 6.42 Å². The van der Waals surface area contributed by atoms with Gasteiger partial charge in [-0.25, -0.2) is 0 Å². The fourth-order valence-electron chi connectivity index (χ4n) is 1.15. The fourth-order valence-corrected chi connectivity index (χ4v) is 1.93. The van der Waals surface area contributed by atoms with Gasteiger partial charge in [-0.3, -0.25) is 4.99 Å². The number of nitrogens with zero attached hydrogens (tertiary/aromatic N) is 1. The van der Waals surface area contributed by atoms with Crippen LogP contribution in [0, 0.1) is 0 Å².